The minimum Gasteiger partial charge on any atom is -0.290 e. The highest BCUT2D eigenvalue weighted by molar-refractivity contribution is 7.89. The second-order valence-electron chi connectivity index (χ2n) is 6.02. The van der Waals surface area contributed by atoms with Crippen LogP contribution < -0.4 is 4.72 Å². The molecule has 0 unspecified atom stereocenters. The Bertz CT molecular complexity index is 920. The molecule has 0 aromatic heterocycles. The predicted molar refractivity (Wildman–Crippen MR) is 104 cm³/mol. The number of benzene rings is 2. The Kier molecular flexibility index (Phi) is 7.36. The van der Waals surface area contributed by atoms with Crippen LogP contribution in [0.2, 0.25) is 5.02 Å². The van der Waals surface area contributed by atoms with E-state index >= 15 is 0 Å². The largest absolute Gasteiger partial charge is 0.290 e. The molecule has 0 saturated heterocycles. The first-order valence-electron chi connectivity index (χ1n) is 8.30. The van der Waals surface area contributed by atoms with Crippen molar-refractivity contribution in [1.29, 1.82) is 5.26 Å². The number of hydrogen-bond donors (Lipinski definition) is 1. The van der Waals surface area contributed by atoms with E-state index in [4.69, 9.17) is 16.9 Å². The standard InChI is InChI=1S/C19H20ClN3O3S/c1-2-23(12-16-7-9-18(20)10-8-16)13-19(24)22-27(25,26)14-17-5-3-15(11-21)4-6-17/h3-10H,2,12-14H2,1H3,(H,22,24). The lowest BCUT2D eigenvalue weighted by Crippen LogP contribution is -2.40. The quantitative estimate of drug-likeness (QED) is 0.729. The SMILES string of the molecule is CCN(CC(=O)NS(=O)(=O)Cc1ccc(C#N)cc1)Cc1ccc(Cl)cc1. The van der Waals surface area contributed by atoms with Crippen molar-refractivity contribution in [1.82, 2.24) is 9.62 Å². The van der Waals surface area contributed by atoms with E-state index in [0.717, 1.165) is 5.56 Å². The number of likely N-dealkylation sites (N-methyl/N-ethyl adjacent to an activating group) is 1. The maximum absolute atomic E-state index is 12.2. The average molecular weight is 406 g/mol. The molecule has 2 aromatic rings. The summed E-state index contributed by atoms with van der Waals surface area (Å²) >= 11 is 5.86. The normalized spacial score (nSPS) is 11.2. The van der Waals surface area contributed by atoms with Crippen molar-refractivity contribution in [2.75, 3.05) is 13.1 Å². The third-order valence-electron chi connectivity index (χ3n) is 3.84. The molecule has 0 saturated carbocycles. The molecule has 142 valence electrons. The first-order chi connectivity index (χ1) is 12.8. The smallest absolute Gasteiger partial charge is 0.247 e. The first-order valence-corrected chi connectivity index (χ1v) is 10.3. The Morgan fingerprint density at radius 3 is 2.26 bits per heavy atom. The molecule has 6 nitrogen and oxygen atoms in total. The van der Waals surface area contributed by atoms with Gasteiger partial charge in [0.25, 0.3) is 0 Å². The van der Waals surface area contributed by atoms with E-state index in [2.05, 4.69) is 4.72 Å². The van der Waals surface area contributed by atoms with Gasteiger partial charge >= 0.3 is 0 Å². The fraction of sp³-hybridized carbons (Fsp3) is 0.263. The third-order valence-corrected chi connectivity index (χ3v) is 5.35. The molecule has 0 heterocycles. The number of rotatable bonds is 8. The Balaban J connectivity index is 1.93. The monoisotopic (exact) mass is 405 g/mol. The van der Waals surface area contributed by atoms with Crippen molar-refractivity contribution in [3.05, 3.63) is 70.2 Å². The van der Waals surface area contributed by atoms with E-state index in [-0.39, 0.29) is 12.3 Å². The molecule has 0 aliphatic carbocycles. The molecule has 8 heteroatoms. The van der Waals surface area contributed by atoms with Crippen LogP contribution in [0.1, 0.15) is 23.6 Å². The van der Waals surface area contributed by atoms with Crippen LogP contribution in [0.4, 0.5) is 0 Å². The van der Waals surface area contributed by atoms with Crippen LogP contribution in [0.25, 0.3) is 0 Å². The molecular weight excluding hydrogens is 386 g/mol. The molecule has 0 atom stereocenters. The maximum atomic E-state index is 12.2. The summed E-state index contributed by atoms with van der Waals surface area (Å²) in [6.45, 7) is 2.96. The molecule has 0 fully saturated rings. The van der Waals surface area contributed by atoms with E-state index in [1.54, 1.807) is 24.3 Å². The van der Waals surface area contributed by atoms with Crippen molar-refractivity contribution in [3.8, 4) is 6.07 Å². The Morgan fingerprint density at radius 2 is 1.70 bits per heavy atom. The van der Waals surface area contributed by atoms with Gasteiger partial charge in [-0.05, 0) is 41.9 Å². The lowest BCUT2D eigenvalue weighted by Gasteiger charge is -2.20. The van der Waals surface area contributed by atoms with Crippen LogP contribution in [-0.2, 0) is 27.1 Å². The molecule has 0 spiro atoms. The van der Waals surface area contributed by atoms with E-state index in [9.17, 15) is 13.2 Å². The highest BCUT2D eigenvalue weighted by Gasteiger charge is 2.18. The molecule has 1 amide bonds. The zero-order valence-corrected chi connectivity index (χ0v) is 16.4. The zero-order valence-electron chi connectivity index (χ0n) is 14.9. The second-order valence-corrected chi connectivity index (χ2v) is 8.18. The van der Waals surface area contributed by atoms with Crippen molar-refractivity contribution in [2.45, 2.75) is 19.2 Å². The molecular formula is C19H20ClN3O3S. The molecule has 0 aliphatic heterocycles. The number of nitrogens with zero attached hydrogens (tertiary/aromatic N) is 2. The minimum absolute atomic E-state index is 0.0360. The van der Waals surface area contributed by atoms with E-state index in [1.807, 2.05) is 30.0 Å². The van der Waals surface area contributed by atoms with Gasteiger partial charge in [0.2, 0.25) is 15.9 Å². The van der Waals surface area contributed by atoms with Crippen LogP contribution in [0, 0.1) is 11.3 Å². The number of hydrogen-bond acceptors (Lipinski definition) is 5. The Labute approximate surface area is 164 Å². The number of carbonyl (C=O) groups excluding carboxylic acids is 1. The van der Waals surface area contributed by atoms with E-state index < -0.39 is 15.9 Å². The number of carbonyl (C=O) groups is 1. The van der Waals surface area contributed by atoms with Gasteiger partial charge in [-0.25, -0.2) is 8.42 Å². The van der Waals surface area contributed by atoms with Crippen LogP contribution in [0.15, 0.2) is 48.5 Å². The minimum atomic E-state index is -3.81. The molecule has 2 aromatic carbocycles. The highest BCUT2D eigenvalue weighted by Crippen LogP contribution is 2.11. The molecule has 1 N–H and O–H groups in total. The summed E-state index contributed by atoms with van der Waals surface area (Å²) in [5, 5.41) is 9.40. The number of amides is 1. The first kappa shape index (κ1) is 20.9. The van der Waals surface area contributed by atoms with Crippen molar-refractivity contribution >= 4 is 27.5 Å². The number of nitriles is 1. The zero-order chi connectivity index (χ0) is 19.9. The summed E-state index contributed by atoms with van der Waals surface area (Å²) in [6.07, 6.45) is 0. The fourth-order valence-corrected chi connectivity index (χ4v) is 3.71. The van der Waals surface area contributed by atoms with Crippen LogP contribution in [-0.4, -0.2) is 32.3 Å². The van der Waals surface area contributed by atoms with Crippen LogP contribution in [0.5, 0.6) is 0 Å². The number of sulfonamides is 1. The average Bonchev–Trinajstić information content (AvgIpc) is 2.62. The molecule has 0 aliphatic rings. The molecule has 0 radical (unpaired) electrons. The van der Waals surface area contributed by atoms with Gasteiger partial charge in [-0.2, -0.15) is 5.26 Å². The third kappa shape index (κ3) is 7.02. The van der Waals surface area contributed by atoms with Crippen LogP contribution >= 0.6 is 11.6 Å². The highest BCUT2D eigenvalue weighted by atomic mass is 35.5. The van der Waals surface area contributed by atoms with E-state index in [0.29, 0.717) is 29.2 Å². The molecule has 27 heavy (non-hydrogen) atoms. The van der Waals surface area contributed by atoms with Gasteiger partial charge in [-0.1, -0.05) is 42.8 Å². The van der Waals surface area contributed by atoms with E-state index in [1.165, 1.54) is 12.1 Å². The van der Waals surface area contributed by atoms with Gasteiger partial charge in [-0.3, -0.25) is 14.4 Å². The number of halogens is 1. The van der Waals surface area contributed by atoms with Gasteiger partial charge in [0.1, 0.15) is 0 Å². The summed E-state index contributed by atoms with van der Waals surface area (Å²) in [6, 6.07) is 15.4. The summed E-state index contributed by atoms with van der Waals surface area (Å²) in [5.74, 6) is -0.909. The summed E-state index contributed by atoms with van der Waals surface area (Å²) < 4.78 is 26.5. The summed E-state index contributed by atoms with van der Waals surface area (Å²) in [5.41, 5.74) is 1.93. The van der Waals surface area contributed by atoms with Gasteiger partial charge < -0.3 is 0 Å². The van der Waals surface area contributed by atoms with Gasteiger partial charge in [0, 0.05) is 11.6 Å². The lowest BCUT2D eigenvalue weighted by molar-refractivity contribution is -0.120. The maximum Gasteiger partial charge on any atom is 0.247 e. The molecule has 2 rings (SSSR count). The van der Waals surface area contributed by atoms with Gasteiger partial charge in [0.15, 0.2) is 0 Å². The number of nitrogens with one attached hydrogen (secondary N) is 1. The van der Waals surface area contributed by atoms with Crippen molar-refractivity contribution in [2.24, 2.45) is 0 Å². The lowest BCUT2D eigenvalue weighted by atomic mass is 10.2. The summed E-state index contributed by atoms with van der Waals surface area (Å²) in [7, 11) is -3.81. The van der Waals surface area contributed by atoms with Crippen LogP contribution in [0.3, 0.4) is 0 Å². The fourth-order valence-electron chi connectivity index (χ4n) is 2.47. The second kappa shape index (κ2) is 9.51. The summed E-state index contributed by atoms with van der Waals surface area (Å²) in [4.78, 5) is 14.0. The van der Waals surface area contributed by atoms with Crippen molar-refractivity contribution < 1.29 is 13.2 Å². The van der Waals surface area contributed by atoms with Crippen molar-refractivity contribution in [3.63, 3.8) is 0 Å². The Morgan fingerprint density at radius 1 is 1.11 bits per heavy atom. The van der Waals surface area contributed by atoms with Gasteiger partial charge in [0.05, 0.1) is 23.9 Å². The Hall–Kier alpha value is -2.40. The topological polar surface area (TPSA) is 90.3 Å². The van der Waals surface area contributed by atoms with Gasteiger partial charge in [-0.15, -0.1) is 0 Å². The molecule has 0 bridgehead atoms. The predicted octanol–water partition coefficient (Wildman–Crippen LogP) is 2.68.